The highest BCUT2D eigenvalue weighted by Gasteiger charge is 2.25. The van der Waals surface area contributed by atoms with Crippen LogP contribution in [0.5, 0.6) is 0 Å². The zero-order chi connectivity index (χ0) is 6.69. The molecule has 2 heteroatoms. The number of ether oxygens (including phenoxy) is 1. The summed E-state index contributed by atoms with van der Waals surface area (Å²) in [5.41, 5.74) is 0. The third-order valence-corrected chi connectivity index (χ3v) is 1.85. The van der Waals surface area contributed by atoms with Crippen LogP contribution in [0, 0.1) is 12.5 Å². The van der Waals surface area contributed by atoms with Gasteiger partial charge in [-0.2, -0.15) is 0 Å². The smallest absolute Gasteiger partial charge is 0.226 e. The van der Waals surface area contributed by atoms with Gasteiger partial charge < -0.3 is 9.58 Å². The first-order valence-corrected chi connectivity index (χ1v) is 3.29. The molecule has 1 heterocycles. The van der Waals surface area contributed by atoms with E-state index in [2.05, 4.69) is 4.85 Å². The van der Waals surface area contributed by atoms with E-state index in [1.54, 1.807) is 0 Å². The van der Waals surface area contributed by atoms with Gasteiger partial charge in [-0.1, -0.05) is 0 Å². The zero-order valence-electron chi connectivity index (χ0n) is 5.63. The molecule has 0 amide bonds. The number of hydrogen-bond donors (Lipinski definition) is 0. The van der Waals surface area contributed by atoms with E-state index in [0.717, 1.165) is 19.6 Å². The molecular formula is C7H11NO. The fourth-order valence-corrected chi connectivity index (χ4v) is 1.04. The van der Waals surface area contributed by atoms with Crippen molar-refractivity contribution in [2.24, 2.45) is 5.92 Å². The lowest BCUT2D eigenvalue weighted by Gasteiger charge is -2.03. The first kappa shape index (κ1) is 6.57. The lowest BCUT2D eigenvalue weighted by molar-refractivity contribution is 0.184. The van der Waals surface area contributed by atoms with Crippen LogP contribution >= 0.6 is 0 Å². The Labute approximate surface area is 55.6 Å². The van der Waals surface area contributed by atoms with Crippen molar-refractivity contribution in [3.8, 4) is 0 Å². The second-order valence-electron chi connectivity index (χ2n) is 2.49. The Morgan fingerprint density at radius 1 is 1.78 bits per heavy atom. The summed E-state index contributed by atoms with van der Waals surface area (Å²) in [5, 5.41) is 0. The molecule has 1 saturated heterocycles. The molecule has 0 aromatic rings. The summed E-state index contributed by atoms with van der Waals surface area (Å²) < 4.78 is 5.14. The quantitative estimate of drug-likeness (QED) is 0.482. The SMILES string of the molecule is [C-]#[N+]C(C)C1CCOC1. The average molecular weight is 125 g/mol. The van der Waals surface area contributed by atoms with E-state index in [1.165, 1.54) is 0 Å². The van der Waals surface area contributed by atoms with Crippen LogP contribution in [-0.2, 0) is 4.74 Å². The van der Waals surface area contributed by atoms with Crippen LogP contribution in [0.15, 0.2) is 0 Å². The van der Waals surface area contributed by atoms with E-state index in [-0.39, 0.29) is 6.04 Å². The first-order chi connectivity index (χ1) is 4.34. The Balaban J connectivity index is 2.34. The summed E-state index contributed by atoms with van der Waals surface area (Å²) in [7, 11) is 0. The standard InChI is InChI=1S/C7H11NO/c1-6(8-2)7-3-4-9-5-7/h6-7H,3-5H2,1H3. The average Bonchev–Trinajstić information content (AvgIpc) is 2.37. The summed E-state index contributed by atoms with van der Waals surface area (Å²) in [6, 6.07) is 0.160. The molecule has 1 aliphatic rings. The Bertz CT molecular complexity index is 121. The predicted molar refractivity (Wildman–Crippen MR) is 35.0 cm³/mol. The van der Waals surface area contributed by atoms with Gasteiger partial charge in [0.05, 0.1) is 12.5 Å². The van der Waals surface area contributed by atoms with Gasteiger partial charge in [0.15, 0.2) is 0 Å². The van der Waals surface area contributed by atoms with E-state index < -0.39 is 0 Å². The van der Waals surface area contributed by atoms with E-state index in [1.807, 2.05) is 6.92 Å². The topological polar surface area (TPSA) is 13.6 Å². The molecule has 50 valence electrons. The van der Waals surface area contributed by atoms with Gasteiger partial charge in [-0.05, 0) is 6.42 Å². The molecule has 2 nitrogen and oxygen atoms in total. The molecule has 0 spiro atoms. The van der Waals surface area contributed by atoms with Crippen LogP contribution in [0.2, 0.25) is 0 Å². The summed E-state index contributed by atoms with van der Waals surface area (Å²) in [5.74, 6) is 0.502. The van der Waals surface area contributed by atoms with Gasteiger partial charge in [0, 0.05) is 13.5 Å². The summed E-state index contributed by atoms with van der Waals surface area (Å²) >= 11 is 0. The fraction of sp³-hybridized carbons (Fsp3) is 0.857. The molecule has 0 aliphatic carbocycles. The Hall–Kier alpha value is -0.550. The number of hydrogen-bond acceptors (Lipinski definition) is 1. The van der Waals surface area contributed by atoms with Crippen LogP contribution in [0.25, 0.3) is 4.85 Å². The molecule has 2 atom stereocenters. The molecule has 1 aliphatic heterocycles. The van der Waals surface area contributed by atoms with Crippen LogP contribution in [0.1, 0.15) is 13.3 Å². The van der Waals surface area contributed by atoms with Crippen molar-refractivity contribution in [3.63, 3.8) is 0 Å². The van der Waals surface area contributed by atoms with Crippen molar-refractivity contribution in [1.82, 2.24) is 0 Å². The van der Waals surface area contributed by atoms with E-state index >= 15 is 0 Å². The third-order valence-electron chi connectivity index (χ3n) is 1.85. The molecule has 0 bridgehead atoms. The lowest BCUT2D eigenvalue weighted by Crippen LogP contribution is -2.12. The molecule has 1 fully saturated rings. The highest BCUT2D eigenvalue weighted by atomic mass is 16.5. The second kappa shape index (κ2) is 2.84. The van der Waals surface area contributed by atoms with Gasteiger partial charge in [-0.3, -0.25) is 0 Å². The van der Waals surface area contributed by atoms with Crippen molar-refractivity contribution < 1.29 is 4.74 Å². The van der Waals surface area contributed by atoms with E-state index in [0.29, 0.717) is 5.92 Å². The van der Waals surface area contributed by atoms with Crippen molar-refractivity contribution in [2.45, 2.75) is 19.4 Å². The Morgan fingerprint density at radius 2 is 2.56 bits per heavy atom. The molecule has 0 saturated carbocycles. The molecule has 0 N–H and O–H groups in total. The number of nitrogens with zero attached hydrogens (tertiary/aromatic N) is 1. The Kier molecular flexibility index (Phi) is 2.07. The fourth-order valence-electron chi connectivity index (χ4n) is 1.04. The summed E-state index contributed by atoms with van der Waals surface area (Å²) in [6.45, 7) is 10.4. The van der Waals surface area contributed by atoms with Gasteiger partial charge in [-0.25, -0.2) is 6.57 Å². The monoisotopic (exact) mass is 125 g/mol. The first-order valence-electron chi connectivity index (χ1n) is 3.29. The lowest BCUT2D eigenvalue weighted by atomic mass is 10.0. The molecule has 0 radical (unpaired) electrons. The maximum atomic E-state index is 6.74. The van der Waals surface area contributed by atoms with Crippen LogP contribution < -0.4 is 0 Å². The molecule has 9 heavy (non-hydrogen) atoms. The van der Waals surface area contributed by atoms with Crippen LogP contribution in [-0.4, -0.2) is 19.3 Å². The molecule has 0 aromatic carbocycles. The van der Waals surface area contributed by atoms with Crippen LogP contribution in [0.4, 0.5) is 0 Å². The van der Waals surface area contributed by atoms with Gasteiger partial charge in [0.25, 0.3) is 0 Å². The zero-order valence-corrected chi connectivity index (χ0v) is 5.63. The summed E-state index contributed by atoms with van der Waals surface area (Å²) in [4.78, 5) is 3.44. The van der Waals surface area contributed by atoms with E-state index in [9.17, 15) is 0 Å². The highest BCUT2D eigenvalue weighted by Crippen LogP contribution is 2.18. The van der Waals surface area contributed by atoms with Crippen molar-refractivity contribution in [2.75, 3.05) is 13.2 Å². The minimum Gasteiger partial charge on any atom is -0.381 e. The molecule has 2 unspecified atom stereocenters. The van der Waals surface area contributed by atoms with Crippen molar-refractivity contribution in [3.05, 3.63) is 11.4 Å². The number of rotatable bonds is 1. The van der Waals surface area contributed by atoms with E-state index in [4.69, 9.17) is 11.3 Å². The van der Waals surface area contributed by atoms with Gasteiger partial charge >= 0.3 is 0 Å². The maximum absolute atomic E-state index is 6.74. The predicted octanol–water partition coefficient (Wildman–Crippen LogP) is 1.33. The highest BCUT2D eigenvalue weighted by molar-refractivity contribution is 4.83. The minimum absolute atomic E-state index is 0.160. The molecule has 0 aromatic heterocycles. The maximum Gasteiger partial charge on any atom is 0.226 e. The van der Waals surface area contributed by atoms with Crippen molar-refractivity contribution in [1.29, 1.82) is 0 Å². The largest absolute Gasteiger partial charge is 0.381 e. The van der Waals surface area contributed by atoms with Crippen molar-refractivity contribution >= 4 is 0 Å². The second-order valence-corrected chi connectivity index (χ2v) is 2.49. The summed E-state index contributed by atoms with van der Waals surface area (Å²) in [6.07, 6.45) is 1.07. The molecular weight excluding hydrogens is 114 g/mol. The third kappa shape index (κ3) is 1.43. The van der Waals surface area contributed by atoms with Gasteiger partial charge in [0.2, 0.25) is 6.04 Å². The van der Waals surface area contributed by atoms with Gasteiger partial charge in [-0.15, -0.1) is 0 Å². The minimum atomic E-state index is 0.160. The normalized spacial score (nSPS) is 29.6. The Morgan fingerprint density at radius 3 is 3.00 bits per heavy atom. The molecule has 1 rings (SSSR count). The van der Waals surface area contributed by atoms with Crippen LogP contribution in [0.3, 0.4) is 0 Å². The van der Waals surface area contributed by atoms with Gasteiger partial charge in [0.1, 0.15) is 0 Å².